The second kappa shape index (κ2) is 8.62. The average molecular weight is 481 g/mol. The summed E-state index contributed by atoms with van der Waals surface area (Å²) in [5, 5.41) is 9.14. The van der Waals surface area contributed by atoms with Crippen molar-refractivity contribution in [1.29, 1.82) is 0 Å². The van der Waals surface area contributed by atoms with Crippen molar-refractivity contribution in [3.8, 4) is 11.3 Å². The number of hydrogen-bond donors (Lipinski definition) is 1. The number of carbonyl (C=O) groups excluding carboxylic acids is 1. The van der Waals surface area contributed by atoms with Gasteiger partial charge in [0.05, 0.1) is 10.6 Å². The first-order valence-corrected chi connectivity index (χ1v) is 12.3. The van der Waals surface area contributed by atoms with Gasteiger partial charge in [-0.25, -0.2) is 8.42 Å². The number of amides is 1. The van der Waals surface area contributed by atoms with Gasteiger partial charge >= 0.3 is 0 Å². The second-order valence-corrected chi connectivity index (χ2v) is 10.3. The minimum absolute atomic E-state index is 0.106. The Labute approximate surface area is 196 Å². The van der Waals surface area contributed by atoms with E-state index < -0.39 is 10.0 Å². The molecule has 5 rings (SSSR count). The third kappa shape index (κ3) is 4.25. The number of sulfonamides is 1. The molecule has 9 heteroatoms. The zero-order valence-electron chi connectivity index (χ0n) is 17.6. The molecule has 0 bridgehead atoms. The van der Waals surface area contributed by atoms with E-state index in [4.69, 9.17) is 11.6 Å². The van der Waals surface area contributed by atoms with Crippen molar-refractivity contribution < 1.29 is 13.2 Å². The summed E-state index contributed by atoms with van der Waals surface area (Å²) in [5.41, 5.74) is 2.39. The van der Waals surface area contributed by atoms with E-state index in [1.807, 2.05) is 24.3 Å². The van der Waals surface area contributed by atoms with Crippen LogP contribution < -0.4 is 0 Å². The van der Waals surface area contributed by atoms with Gasteiger partial charge < -0.3 is 4.90 Å². The van der Waals surface area contributed by atoms with E-state index in [1.54, 1.807) is 53.6 Å². The first-order chi connectivity index (χ1) is 15.9. The molecule has 1 fully saturated rings. The standard InChI is InChI=1S/C24H21ClN4O3S/c25-21-7-5-20-16-22(8-6-19(20)15-21)33(31,32)29-13-11-28(12-14-29)24(30)18-3-1-17(2-4-18)23-9-10-26-27-23/h1-10,15-16H,11-14H2,(H,26,27). The normalized spacial score (nSPS) is 15.1. The SMILES string of the molecule is O=C(c1ccc(-c2ccn[nH]2)cc1)N1CCN(S(=O)(=O)c2ccc3cc(Cl)ccc3c2)CC1. The Morgan fingerprint density at radius 1 is 0.879 bits per heavy atom. The van der Waals surface area contributed by atoms with Crippen molar-refractivity contribution in [1.82, 2.24) is 19.4 Å². The van der Waals surface area contributed by atoms with Gasteiger partial charge in [0.1, 0.15) is 0 Å². The molecule has 168 valence electrons. The third-order valence-electron chi connectivity index (χ3n) is 5.88. The Morgan fingerprint density at radius 2 is 1.58 bits per heavy atom. The fourth-order valence-corrected chi connectivity index (χ4v) is 5.67. The zero-order valence-corrected chi connectivity index (χ0v) is 19.2. The van der Waals surface area contributed by atoms with Crippen molar-refractivity contribution in [2.75, 3.05) is 26.2 Å². The number of piperazine rings is 1. The van der Waals surface area contributed by atoms with Crippen molar-refractivity contribution in [3.05, 3.63) is 83.5 Å². The summed E-state index contributed by atoms with van der Waals surface area (Å²) in [5.74, 6) is -0.106. The van der Waals surface area contributed by atoms with Gasteiger partial charge in [-0.15, -0.1) is 0 Å². The second-order valence-electron chi connectivity index (χ2n) is 7.90. The maximum absolute atomic E-state index is 13.2. The summed E-state index contributed by atoms with van der Waals surface area (Å²) in [4.78, 5) is 14.9. The van der Waals surface area contributed by atoms with Crippen LogP contribution in [0.3, 0.4) is 0 Å². The van der Waals surface area contributed by atoms with Crippen LogP contribution in [-0.4, -0.2) is 59.9 Å². The van der Waals surface area contributed by atoms with Gasteiger partial charge in [-0.3, -0.25) is 9.89 Å². The van der Waals surface area contributed by atoms with E-state index in [9.17, 15) is 13.2 Å². The zero-order chi connectivity index (χ0) is 23.0. The predicted molar refractivity (Wildman–Crippen MR) is 128 cm³/mol. The van der Waals surface area contributed by atoms with Gasteiger partial charge in [-0.05, 0) is 58.8 Å². The molecule has 0 saturated carbocycles. The number of benzene rings is 3. The topological polar surface area (TPSA) is 86.4 Å². The molecule has 1 aromatic heterocycles. The van der Waals surface area contributed by atoms with Gasteiger partial charge in [-0.2, -0.15) is 9.40 Å². The molecule has 0 spiro atoms. The number of rotatable bonds is 4. The largest absolute Gasteiger partial charge is 0.336 e. The van der Waals surface area contributed by atoms with Gasteiger partial charge in [0.15, 0.2) is 0 Å². The molecule has 0 radical (unpaired) electrons. The van der Waals surface area contributed by atoms with Crippen LogP contribution in [0.5, 0.6) is 0 Å². The first-order valence-electron chi connectivity index (χ1n) is 10.5. The molecule has 1 saturated heterocycles. The van der Waals surface area contributed by atoms with Crippen LogP contribution in [0.1, 0.15) is 10.4 Å². The Morgan fingerprint density at radius 3 is 2.27 bits per heavy atom. The van der Waals surface area contributed by atoms with Crippen LogP contribution in [0.2, 0.25) is 5.02 Å². The number of hydrogen-bond acceptors (Lipinski definition) is 4. The van der Waals surface area contributed by atoms with E-state index in [2.05, 4.69) is 10.2 Å². The third-order valence-corrected chi connectivity index (χ3v) is 8.01. The highest BCUT2D eigenvalue weighted by molar-refractivity contribution is 7.89. The molecule has 7 nitrogen and oxygen atoms in total. The van der Waals surface area contributed by atoms with Crippen molar-refractivity contribution in [3.63, 3.8) is 0 Å². The Bertz CT molecular complexity index is 1410. The van der Waals surface area contributed by atoms with E-state index in [1.165, 1.54) is 4.31 Å². The maximum atomic E-state index is 13.2. The smallest absolute Gasteiger partial charge is 0.253 e. The lowest BCUT2D eigenvalue weighted by atomic mass is 10.1. The molecule has 1 aliphatic rings. The fraction of sp³-hybridized carbons (Fsp3) is 0.167. The number of aromatic amines is 1. The summed E-state index contributed by atoms with van der Waals surface area (Å²) in [6, 6.07) is 19.6. The lowest BCUT2D eigenvalue weighted by molar-refractivity contribution is 0.0698. The van der Waals surface area contributed by atoms with Gasteiger partial charge in [0.2, 0.25) is 10.0 Å². The van der Waals surface area contributed by atoms with E-state index >= 15 is 0 Å². The maximum Gasteiger partial charge on any atom is 0.253 e. The fourth-order valence-electron chi connectivity index (χ4n) is 4.03. The summed E-state index contributed by atoms with van der Waals surface area (Å²) in [6.07, 6.45) is 1.68. The first kappa shape index (κ1) is 21.6. The summed E-state index contributed by atoms with van der Waals surface area (Å²) in [7, 11) is -3.66. The van der Waals surface area contributed by atoms with Gasteiger partial charge in [-0.1, -0.05) is 35.9 Å². The molecule has 33 heavy (non-hydrogen) atoms. The summed E-state index contributed by atoms with van der Waals surface area (Å²) < 4.78 is 27.8. The summed E-state index contributed by atoms with van der Waals surface area (Å²) in [6.45, 7) is 1.17. The van der Waals surface area contributed by atoms with Gasteiger partial charge in [0, 0.05) is 43.0 Å². The number of fused-ring (bicyclic) bond motifs is 1. The number of aromatic nitrogens is 2. The molecule has 0 unspecified atom stereocenters. The highest BCUT2D eigenvalue weighted by atomic mass is 35.5. The number of nitrogens with zero attached hydrogens (tertiary/aromatic N) is 3. The highest BCUT2D eigenvalue weighted by Gasteiger charge is 2.30. The average Bonchev–Trinajstić information content (AvgIpc) is 3.38. The van der Waals surface area contributed by atoms with Gasteiger partial charge in [0.25, 0.3) is 5.91 Å². The molecule has 1 amide bonds. The molecule has 3 aromatic carbocycles. The quantitative estimate of drug-likeness (QED) is 0.477. The van der Waals surface area contributed by atoms with E-state index in [-0.39, 0.29) is 23.9 Å². The molecule has 2 heterocycles. The molecule has 0 atom stereocenters. The number of carbonyl (C=O) groups is 1. The van der Waals surface area contributed by atoms with Crippen molar-refractivity contribution in [2.24, 2.45) is 0 Å². The number of halogens is 1. The van der Waals surface area contributed by atoms with Crippen LogP contribution in [0.15, 0.2) is 77.8 Å². The number of H-pyrrole nitrogens is 1. The number of nitrogens with one attached hydrogen (secondary N) is 1. The molecule has 1 aliphatic heterocycles. The van der Waals surface area contributed by atoms with Crippen molar-refractivity contribution >= 4 is 38.3 Å². The van der Waals surface area contributed by atoms with Crippen LogP contribution in [0.4, 0.5) is 0 Å². The summed E-state index contributed by atoms with van der Waals surface area (Å²) >= 11 is 6.02. The molecule has 1 N–H and O–H groups in total. The van der Waals surface area contributed by atoms with E-state index in [0.29, 0.717) is 23.7 Å². The van der Waals surface area contributed by atoms with Crippen LogP contribution >= 0.6 is 11.6 Å². The highest BCUT2D eigenvalue weighted by Crippen LogP contribution is 2.25. The molecular formula is C24H21ClN4O3S. The Kier molecular flexibility index (Phi) is 5.65. The predicted octanol–water partition coefficient (Wildman–Crippen LogP) is 4.03. The van der Waals surface area contributed by atoms with Crippen LogP contribution in [0.25, 0.3) is 22.0 Å². The Balaban J connectivity index is 1.27. The Hall–Kier alpha value is -3.20. The lowest BCUT2D eigenvalue weighted by Crippen LogP contribution is -2.50. The minimum atomic E-state index is -3.66. The van der Waals surface area contributed by atoms with Crippen LogP contribution in [0, 0.1) is 0 Å². The monoisotopic (exact) mass is 480 g/mol. The lowest BCUT2D eigenvalue weighted by Gasteiger charge is -2.34. The van der Waals surface area contributed by atoms with Crippen molar-refractivity contribution in [2.45, 2.75) is 4.90 Å². The molecule has 4 aromatic rings. The molecular weight excluding hydrogens is 460 g/mol. The van der Waals surface area contributed by atoms with E-state index in [0.717, 1.165) is 22.0 Å². The molecule has 0 aliphatic carbocycles. The van der Waals surface area contributed by atoms with Crippen LogP contribution in [-0.2, 0) is 10.0 Å². The minimum Gasteiger partial charge on any atom is -0.336 e.